The van der Waals surface area contributed by atoms with Gasteiger partial charge in [0.2, 0.25) is 0 Å². The highest BCUT2D eigenvalue weighted by Crippen LogP contribution is 2.06. The number of carbonyl (C=O) groups excluding carboxylic acids is 1. The molecule has 0 aromatic carbocycles. The molecule has 0 radical (unpaired) electrons. The van der Waals surface area contributed by atoms with Gasteiger partial charge in [-0.3, -0.25) is 4.79 Å². The molecule has 5 nitrogen and oxygen atoms in total. The number of hydrogen-bond acceptors (Lipinski definition) is 4. The molecule has 0 spiro atoms. The highest BCUT2D eigenvalue weighted by atomic mass is 16.5. The van der Waals surface area contributed by atoms with Crippen LogP contribution < -0.4 is 11.1 Å². The number of carbonyl (C=O) groups is 1. The van der Waals surface area contributed by atoms with Crippen LogP contribution in [0.2, 0.25) is 0 Å². The zero-order valence-electron chi connectivity index (χ0n) is 9.66. The number of ether oxygens (including phenoxy) is 1. The number of hydrogen-bond donors (Lipinski definition) is 2. The molecule has 16 heavy (non-hydrogen) atoms. The zero-order valence-corrected chi connectivity index (χ0v) is 9.66. The molecule has 5 heteroatoms. The molecule has 0 bridgehead atoms. The largest absolute Gasteiger partial charge is 0.455 e. The average Bonchev–Trinajstić information content (AvgIpc) is 2.75. The van der Waals surface area contributed by atoms with Crippen molar-refractivity contribution in [2.75, 3.05) is 13.2 Å². The summed E-state index contributed by atoms with van der Waals surface area (Å²) < 4.78 is 10.5. The van der Waals surface area contributed by atoms with Crippen molar-refractivity contribution in [2.24, 2.45) is 5.73 Å². The van der Waals surface area contributed by atoms with Crippen LogP contribution in [0, 0.1) is 0 Å². The Balaban J connectivity index is 2.40. The third-order valence-electron chi connectivity index (χ3n) is 2.09. The predicted octanol–water partition coefficient (Wildman–Crippen LogP) is 0.893. The first-order chi connectivity index (χ1) is 7.67. The van der Waals surface area contributed by atoms with E-state index in [-0.39, 0.29) is 17.8 Å². The van der Waals surface area contributed by atoms with Crippen LogP contribution in [0.25, 0.3) is 0 Å². The second-order valence-corrected chi connectivity index (χ2v) is 3.45. The first kappa shape index (κ1) is 12.7. The van der Waals surface area contributed by atoms with Crippen LogP contribution >= 0.6 is 0 Å². The monoisotopic (exact) mass is 226 g/mol. The van der Waals surface area contributed by atoms with Gasteiger partial charge in [0.05, 0.1) is 12.6 Å². The second kappa shape index (κ2) is 6.30. The molecule has 1 amide bonds. The fourth-order valence-corrected chi connectivity index (χ4v) is 1.28. The van der Waals surface area contributed by atoms with Crippen LogP contribution in [0.4, 0.5) is 0 Å². The van der Waals surface area contributed by atoms with E-state index in [4.69, 9.17) is 14.9 Å². The van der Waals surface area contributed by atoms with E-state index in [0.717, 1.165) is 0 Å². The van der Waals surface area contributed by atoms with Crippen molar-refractivity contribution < 1.29 is 13.9 Å². The van der Waals surface area contributed by atoms with Gasteiger partial charge in [-0.25, -0.2) is 0 Å². The van der Waals surface area contributed by atoms with Crippen molar-refractivity contribution in [1.29, 1.82) is 0 Å². The standard InChI is InChI=1S/C11H18N2O3/c1-3-15-8(2)7-13-11(14)10-5-4-9(6-12)16-10/h4-5,8H,3,6-7,12H2,1-2H3,(H,13,14). The van der Waals surface area contributed by atoms with E-state index in [0.29, 0.717) is 25.5 Å². The molecule has 1 heterocycles. The fourth-order valence-electron chi connectivity index (χ4n) is 1.28. The summed E-state index contributed by atoms with van der Waals surface area (Å²) in [6, 6.07) is 3.31. The highest BCUT2D eigenvalue weighted by molar-refractivity contribution is 5.91. The quantitative estimate of drug-likeness (QED) is 0.755. The SMILES string of the molecule is CCOC(C)CNC(=O)c1ccc(CN)o1. The van der Waals surface area contributed by atoms with E-state index in [9.17, 15) is 4.79 Å². The molecule has 1 aromatic rings. The third kappa shape index (κ3) is 3.67. The van der Waals surface area contributed by atoms with Crippen molar-refractivity contribution in [2.45, 2.75) is 26.5 Å². The number of furan rings is 1. The first-order valence-corrected chi connectivity index (χ1v) is 5.36. The van der Waals surface area contributed by atoms with Crippen LogP contribution in [0.5, 0.6) is 0 Å². The van der Waals surface area contributed by atoms with Crippen molar-refractivity contribution in [3.05, 3.63) is 23.7 Å². The van der Waals surface area contributed by atoms with Gasteiger partial charge in [-0.2, -0.15) is 0 Å². The van der Waals surface area contributed by atoms with E-state index in [1.165, 1.54) is 0 Å². The second-order valence-electron chi connectivity index (χ2n) is 3.45. The highest BCUT2D eigenvalue weighted by Gasteiger charge is 2.11. The van der Waals surface area contributed by atoms with Crippen LogP contribution in [0.1, 0.15) is 30.2 Å². The van der Waals surface area contributed by atoms with Gasteiger partial charge in [0.15, 0.2) is 5.76 Å². The zero-order chi connectivity index (χ0) is 12.0. The minimum atomic E-state index is -0.244. The Morgan fingerprint density at radius 2 is 2.38 bits per heavy atom. The van der Waals surface area contributed by atoms with Gasteiger partial charge >= 0.3 is 0 Å². The van der Waals surface area contributed by atoms with Crippen LogP contribution in [0.3, 0.4) is 0 Å². The fraction of sp³-hybridized carbons (Fsp3) is 0.545. The number of rotatable bonds is 6. The van der Waals surface area contributed by atoms with E-state index < -0.39 is 0 Å². The van der Waals surface area contributed by atoms with Gasteiger partial charge in [-0.15, -0.1) is 0 Å². The Hall–Kier alpha value is -1.33. The minimum absolute atomic E-state index is 0.00195. The topological polar surface area (TPSA) is 77.5 Å². The third-order valence-corrected chi connectivity index (χ3v) is 2.09. The number of amides is 1. The van der Waals surface area contributed by atoms with Gasteiger partial charge in [-0.05, 0) is 26.0 Å². The van der Waals surface area contributed by atoms with Gasteiger partial charge in [0.1, 0.15) is 5.76 Å². The molecule has 1 rings (SSSR count). The van der Waals surface area contributed by atoms with Gasteiger partial charge in [0, 0.05) is 13.2 Å². The molecule has 1 unspecified atom stereocenters. The lowest BCUT2D eigenvalue weighted by Crippen LogP contribution is -2.31. The molecule has 0 aliphatic carbocycles. The van der Waals surface area contributed by atoms with Crippen molar-refractivity contribution in [3.63, 3.8) is 0 Å². The summed E-state index contributed by atoms with van der Waals surface area (Å²) in [6.07, 6.45) is -0.00195. The number of nitrogens with one attached hydrogen (secondary N) is 1. The van der Waals surface area contributed by atoms with Crippen LogP contribution in [-0.4, -0.2) is 25.2 Å². The molecule has 1 atom stereocenters. The molecule has 0 aliphatic heterocycles. The molecule has 0 saturated heterocycles. The van der Waals surface area contributed by atoms with Gasteiger partial charge in [0.25, 0.3) is 5.91 Å². The molecule has 1 aromatic heterocycles. The van der Waals surface area contributed by atoms with E-state index in [1.54, 1.807) is 12.1 Å². The summed E-state index contributed by atoms with van der Waals surface area (Å²) in [6.45, 7) is 5.21. The average molecular weight is 226 g/mol. The Bertz CT molecular complexity index is 336. The van der Waals surface area contributed by atoms with Gasteiger partial charge < -0.3 is 20.2 Å². The lowest BCUT2D eigenvalue weighted by atomic mass is 10.3. The smallest absolute Gasteiger partial charge is 0.287 e. The summed E-state index contributed by atoms with van der Waals surface area (Å²) in [5, 5.41) is 2.72. The molecule has 3 N–H and O–H groups in total. The molecule has 0 fully saturated rings. The summed E-state index contributed by atoms with van der Waals surface area (Å²) >= 11 is 0. The minimum Gasteiger partial charge on any atom is -0.455 e. The number of nitrogens with two attached hydrogens (primary N) is 1. The van der Waals surface area contributed by atoms with E-state index in [1.807, 2.05) is 13.8 Å². The van der Waals surface area contributed by atoms with E-state index in [2.05, 4.69) is 5.32 Å². The molecular weight excluding hydrogens is 208 g/mol. The van der Waals surface area contributed by atoms with Crippen molar-refractivity contribution in [3.8, 4) is 0 Å². The Labute approximate surface area is 94.9 Å². The maximum atomic E-state index is 11.6. The Morgan fingerprint density at radius 3 is 2.94 bits per heavy atom. The van der Waals surface area contributed by atoms with Gasteiger partial charge in [-0.1, -0.05) is 0 Å². The summed E-state index contributed by atoms with van der Waals surface area (Å²) in [5.41, 5.74) is 5.38. The van der Waals surface area contributed by atoms with Crippen molar-refractivity contribution >= 4 is 5.91 Å². The van der Waals surface area contributed by atoms with Crippen LogP contribution in [0.15, 0.2) is 16.5 Å². The van der Waals surface area contributed by atoms with Crippen LogP contribution in [-0.2, 0) is 11.3 Å². The lowest BCUT2D eigenvalue weighted by Gasteiger charge is -2.11. The molecule has 0 aliphatic rings. The Kier molecular flexibility index (Phi) is 5.01. The lowest BCUT2D eigenvalue weighted by molar-refractivity contribution is 0.0684. The maximum Gasteiger partial charge on any atom is 0.287 e. The molecular formula is C11H18N2O3. The van der Waals surface area contributed by atoms with Crippen molar-refractivity contribution in [1.82, 2.24) is 5.32 Å². The maximum absolute atomic E-state index is 11.6. The summed E-state index contributed by atoms with van der Waals surface area (Å²) in [5.74, 6) is 0.637. The molecule has 90 valence electrons. The molecule has 0 saturated carbocycles. The predicted molar refractivity (Wildman–Crippen MR) is 60.0 cm³/mol. The Morgan fingerprint density at radius 1 is 1.62 bits per heavy atom. The summed E-state index contributed by atoms with van der Waals surface area (Å²) in [7, 11) is 0. The normalized spacial score (nSPS) is 12.4. The first-order valence-electron chi connectivity index (χ1n) is 5.36. The summed E-state index contributed by atoms with van der Waals surface area (Å²) in [4.78, 5) is 11.6. The van der Waals surface area contributed by atoms with E-state index >= 15 is 0 Å².